The van der Waals surface area contributed by atoms with E-state index in [1.54, 1.807) is 7.11 Å². The number of hydrogen-bond donors (Lipinski definition) is 0. The maximum atomic E-state index is 5.81. The SMILES string of the molecule is C=C[C@H](C)[C@H](C)[C@H](C)[C@H](CCCC)OCOC. The molecule has 0 amide bonds. The third kappa shape index (κ3) is 6.23. The number of unbranched alkanes of at least 4 members (excludes halogenated alkanes) is 1. The molecule has 0 aliphatic heterocycles. The summed E-state index contributed by atoms with van der Waals surface area (Å²) in [4.78, 5) is 0. The smallest absolute Gasteiger partial charge is 0.146 e. The van der Waals surface area contributed by atoms with Crippen LogP contribution in [-0.2, 0) is 9.47 Å². The Balaban J connectivity index is 4.37. The van der Waals surface area contributed by atoms with Crippen LogP contribution in [0.4, 0.5) is 0 Å². The lowest BCUT2D eigenvalue weighted by Gasteiger charge is -2.31. The zero-order valence-corrected chi connectivity index (χ0v) is 12.2. The van der Waals surface area contributed by atoms with E-state index in [4.69, 9.17) is 9.47 Å². The van der Waals surface area contributed by atoms with Crippen molar-refractivity contribution < 1.29 is 9.47 Å². The number of ether oxygens (including phenoxy) is 2. The highest BCUT2D eigenvalue weighted by atomic mass is 16.7. The molecular formula is C15H30O2. The molecule has 0 aromatic carbocycles. The van der Waals surface area contributed by atoms with Crippen molar-refractivity contribution in [2.45, 2.75) is 53.1 Å². The maximum Gasteiger partial charge on any atom is 0.146 e. The molecule has 0 rings (SSSR count). The normalized spacial score (nSPS) is 18.4. The van der Waals surface area contributed by atoms with E-state index in [9.17, 15) is 0 Å². The first-order chi connectivity index (χ1) is 8.08. The Labute approximate surface area is 107 Å². The average Bonchev–Trinajstić information content (AvgIpc) is 2.36. The van der Waals surface area contributed by atoms with Gasteiger partial charge in [-0.1, -0.05) is 46.6 Å². The monoisotopic (exact) mass is 242 g/mol. The standard InChI is InChI=1S/C15H30O2/c1-7-9-10-15(17-11-16-6)14(5)13(4)12(3)8-2/h8,12-15H,2,7,9-11H2,1,3-6H3/t12-,13-,14-,15-/m0/s1. The third-order valence-electron chi connectivity index (χ3n) is 3.86. The summed E-state index contributed by atoms with van der Waals surface area (Å²) in [6, 6.07) is 0. The fraction of sp³-hybridized carbons (Fsp3) is 0.867. The van der Waals surface area contributed by atoms with E-state index in [1.807, 2.05) is 6.08 Å². The summed E-state index contributed by atoms with van der Waals surface area (Å²) in [7, 11) is 1.68. The maximum absolute atomic E-state index is 5.81. The molecule has 17 heavy (non-hydrogen) atoms. The molecule has 0 aromatic rings. The molecule has 0 aliphatic carbocycles. The van der Waals surface area contributed by atoms with Crippen molar-refractivity contribution >= 4 is 0 Å². The van der Waals surface area contributed by atoms with E-state index in [-0.39, 0.29) is 0 Å². The van der Waals surface area contributed by atoms with Crippen molar-refractivity contribution in [2.75, 3.05) is 13.9 Å². The van der Waals surface area contributed by atoms with Crippen LogP contribution in [0.5, 0.6) is 0 Å². The molecule has 102 valence electrons. The summed E-state index contributed by atoms with van der Waals surface area (Å²) in [5.74, 6) is 1.65. The first-order valence-corrected chi connectivity index (χ1v) is 6.81. The summed E-state index contributed by atoms with van der Waals surface area (Å²) in [5.41, 5.74) is 0. The van der Waals surface area contributed by atoms with Gasteiger partial charge in [0.15, 0.2) is 0 Å². The van der Waals surface area contributed by atoms with Gasteiger partial charge in [-0.2, -0.15) is 0 Å². The molecule has 0 unspecified atom stereocenters. The van der Waals surface area contributed by atoms with Gasteiger partial charge in [0.2, 0.25) is 0 Å². The second-order valence-electron chi connectivity index (χ2n) is 5.07. The fourth-order valence-corrected chi connectivity index (χ4v) is 2.09. The fourth-order valence-electron chi connectivity index (χ4n) is 2.09. The van der Waals surface area contributed by atoms with Gasteiger partial charge in [-0.05, 0) is 24.2 Å². The van der Waals surface area contributed by atoms with E-state index >= 15 is 0 Å². The average molecular weight is 242 g/mol. The summed E-state index contributed by atoms with van der Waals surface area (Å²) in [5, 5.41) is 0. The molecule has 0 aliphatic rings. The highest BCUT2D eigenvalue weighted by molar-refractivity contribution is 4.84. The lowest BCUT2D eigenvalue weighted by atomic mass is 9.80. The molecule has 2 nitrogen and oxygen atoms in total. The number of allylic oxidation sites excluding steroid dienone is 1. The van der Waals surface area contributed by atoms with Gasteiger partial charge < -0.3 is 9.47 Å². The molecule has 0 spiro atoms. The molecule has 0 bridgehead atoms. The van der Waals surface area contributed by atoms with Crippen LogP contribution >= 0.6 is 0 Å². The van der Waals surface area contributed by atoms with E-state index < -0.39 is 0 Å². The van der Waals surface area contributed by atoms with Crippen LogP contribution in [0.2, 0.25) is 0 Å². The minimum Gasteiger partial charge on any atom is -0.359 e. The van der Waals surface area contributed by atoms with Gasteiger partial charge in [-0.15, -0.1) is 6.58 Å². The summed E-state index contributed by atoms with van der Waals surface area (Å²) in [6.45, 7) is 13.3. The third-order valence-corrected chi connectivity index (χ3v) is 3.86. The van der Waals surface area contributed by atoms with E-state index in [0.717, 1.165) is 6.42 Å². The number of rotatable bonds is 10. The Morgan fingerprint density at radius 3 is 2.29 bits per heavy atom. The zero-order chi connectivity index (χ0) is 13.3. The van der Waals surface area contributed by atoms with Gasteiger partial charge in [-0.3, -0.25) is 0 Å². The summed E-state index contributed by atoms with van der Waals surface area (Å²) < 4.78 is 10.8. The van der Waals surface area contributed by atoms with Crippen LogP contribution < -0.4 is 0 Å². The van der Waals surface area contributed by atoms with Crippen molar-refractivity contribution in [1.29, 1.82) is 0 Å². The minimum absolute atomic E-state index is 0.298. The zero-order valence-electron chi connectivity index (χ0n) is 12.2. The minimum atomic E-state index is 0.298. The molecule has 0 saturated heterocycles. The van der Waals surface area contributed by atoms with Crippen LogP contribution in [0, 0.1) is 17.8 Å². The van der Waals surface area contributed by atoms with E-state index in [0.29, 0.717) is 30.7 Å². The van der Waals surface area contributed by atoms with Crippen LogP contribution in [-0.4, -0.2) is 20.0 Å². The van der Waals surface area contributed by atoms with Crippen molar-refractivity contribution in [3.8, 4) is 0 Å². The molecular weight excluding hydrogens is 212 g/mol. The predicted octanol–water partition coefficient (Wildman–Crippen LogP) is 4.26. The second kappa shape index (κ2) is 9.67. The van der Waals surface area contributed by atoms with Crippen molar-refractivity contribution in [3.05, 3.63) is 12.7 Å². The Kier molecular flexibility index (Phi) is 9.47. The number of methoxy groups -OCH3 is 1. The van der Waals surface area contributed by atoms with Crippen molar-refractivity contribution in [1.82, 2.24) is 0 Å². The second-order valence-corrected chi connectivity index (χ2v) is 5.07. The lowest BCUT2D eigenvalue weighted by molar-refractivity contribution is -0.101. The quantitative estimate of drug-likeness (QED) is 0.421. The van der Waals surface area contributed by atoms with Crippen LogP contribution in [0.15, 0.2) is 12.7 Å². The van der Waals surface area contributed by atoms with Crippen LogP contribution in [0.25, 0.3) is 0 Å². The molecule has 0 radical (unpaired) electrons. The lowest BCUT2D eigenvalue weighted by Crippen LogP contribution is -2.30. The Morgan fingerprint density at radius 1 is 1.18 bits per heavy atom. The predicted molar refractivity (Wildman–Crippen MR) is 74.0 cm³/mol. The van der Waals surface area contributed by atoms with Gasteiger partial charge in [0.25, 0.3) is 0 Å². The molecule has 4 atom stereocenters. The Hall–Kier alpha value is -0.340. The summed E-state index contributed by atoms with van der Waals surface area (Å²) in [6.07, 6.45) is 5.88. The first kappa shape index (κ1) is 16.7. The molecule has 0 N–H and O–H groups in total. The largest absolute Gasteiger partial charge is 0.359 e. The van der Waals surface area contributed by atoms with Gasteiger partial charge in [-0.25, -0.2) is 0 Å². The van der Waals surface area contributed by atoms with Gasteiger partial charge in [0.05, 0.1) is 6.10 Å². The molecule has 0 saturated carbocycles. The molecule has 0 aromatic heterocycles. The van der Waals surface area contributed by atoms with Gasteiger partial charge >= 0.3 is 0 Å². The van der Waals surface area contributed by atoms with E-state index in [1.165, 1.54) is 12.8 Å². The van der Waals surface area contributed by atoms with Crippen LogP contribution in [0.1, 0.15) is 47.0 Å². The summed E-state index contributed by atoms with van der Waals surface area (Å²) >= 11 is 0. The van der Waals surface area contributed by atoms with Crippen molar-refractivity contribution in [3.63, 3.8) is 0 Å². The van der Waals surface area contributed by atoms with Gasteiger partial charge in [0.1, 0.15) is 6.79 Å². The Morgan fingerprint density at radius 2 is 1.82 bits per heavy atom. The highest BCUT2D eigenvalue weighted by Crippen LogP contribution is 2.28. The first-order valence-electron chi connectivity index (χ1n) is 6.81. The topological polar surface area (TPSA) is 18.5 Å². The molecule has 0 fully saturated rings. The number of hydrogen-bond acceptors (Lipinski definition) is 2. The molecule has 0 heterocycles. The van der Waals surface area contributed by atoms with E-state index in [2.05, 4.69) is 34.3 Å². The Bertz CT molecular complexity index is 183. The van der Waals surface area contributed by atoms with Crippen LogP contribution in [0.3, 0.4) is 0 Å². The molecule has 2 heteroatoms. The highest BCUT2D eigenvalue weighted by Gasteiger charge is 2.25. The van der Waals surface area contributed by atoms with Gasteiger partial charge in [0, 0.05) is 7.11 Å². The van der Waals surface area contributed by atoms with Crippen molar-refractivity contribution in [2.24, 2.45) is 17.8 Å².